The largest absolute Gasteiger partial charge is 0.444 e. The molecule has 0 radical (unpaired) electrons. The molecule has 0 aliphatic rings. The number of carbonyl (C=O) groups is 2. The van der Waals surface area contributed by atoms with Crippen LogP contribution >= 0.6 is 0 Å². The number of ether oxygens (including phenoxy) is 3. The molecular weight excluding hydrogens is 288 g/mol. The van der Waals surface area contributed by atoms with Crippen molar-refractivity contribution in [1.82, 2.24) is 10.6 Å². The van der Waals surface area contributed by atoms with Gasteiger partial charge in [0.25, 0.3) is 0 Å². The molecule has 0 fully saturated rings. The van der Waals surface area contributed by atoms with E-state index in [1.54, 1.807) is 0 Å². The fourth-order valence-electron chi connectivity index (χ4n) is 1.44. The van der Waals surface area contributed by atoms with E-state index >= 15 is 0 Å². The minimum absolute atomic E-state index is 0.0515. The summed E-state index contributed by atoms with van der Waals surface area (Å²) in [6, 6.07) is 0. The Balaban J connectivity index is 3.27. The molecule has 0 saturated heterocycles. The molecule has 0 aliphatic carbocycles. The highest BCUT2D eigenvalue weighted by molar-refractivity contribution is 5.75. The SMILES string of the molecule is CCCC(=O)NCCOCCOCCNC(=O)OC(C)(C)C. The van der Waals surface area contributed by atoms with Crippen LogP contribution in [0.5, 0.6) is 0 Å². The first-order valence-electron chi connectivity index (χ1n) is 7.74. The molecular formula is C15H30N2O5. The summed E-state index contributed by atoms with van der Waals surface area (Å²) in [7, 11) is 0. The summed E-state index contributed by atoms with van der Waals surface area (Å²) in [4.78, 5) is 22.5. The van der Waals surface area contributed by atoms with E-state index in [0.29, 0.717) is 45.9 Å². The topological polar surface area (TPSA) is 85.9 Å². The van der Waals surface area contributed by atoms with Gasteiger partial charge in [0.05, 0.1) is 26.4 Å². The Morgan fingerprint density at radius 1 is 0.909 bits per heavy atom. The third-order valence-electron chi connectivity index (χ3n) is 2.33. The number of hydrogen-bond donors (Lipinski definition) is 2. The quantitative estimate of drug-likeness (QED) is 0.563. The van der Waals surface area contributed by atoms with Gasteiger partial charge in [-0.25, -0.2) is 4.79 Å². The number of carbonyl (C=O) groups excluding carboxylic acids is 2. The smallest absolute Gasteiger partial charge is 0.407 e. The van der Waals surface area contributed by atoms with Crippen LogP contribution in [0.1, 0.15) is 40.5 Å². The van der Waals surface area contributed by atoms with Gasteiger partial charge in [-0.05, 0) is 27.2 Å². The summed E-state index contributed by atoms with van der Waals surface area (Å²) in [5.74, 6) is 0.0515. The highest BCUT2D eigenvalue weighted by Crippen LogP contribution is 2.05. The Morgan fingerprint density at radius 3 is 1.95 bits per heavy atom. The highest BCUT2D eigenvalue weighted by Gasteiger charge is 2.15. The second kappa shape index (κ2) is 12.2. The predicted molar refractivity (Wildman–Crippen MR) is 83.8 cm³/mol. The Labute approximate surface area is 133 Å². The summed E-state index contributed by atoms with van der Waals surface area (Å²) in [6.07, 6.45) is 0.946. The van der Waals surface area contributed by atoms with E-state index in [4.69, 9.17) is 14.2 Å². The number of hydrogen-bond acceptors (Lipinski definition) is 5. The number of amides is 2. The second-order valence-corrected chi connectivity index (χ2v) is 5.75. The maximum atomic E-state index is 11.3. The first kappa shape index (κ1) is 20.7. The van der Waals surface area contributed by atoms with Gasteiger partial charge in [0, 0.05) is 19.5 Å². The van der Waals surface area contributed by atoms with Crippen LogP contribution in [0.4, 0.5) is 4.79 Å². The van der Waals surface area contributed by atoms with E-state index in [9.17, 15) is 9.59 Å². The molecule has 2 amide bonds. The van der Waals surface area contributed by atoms with Crippen molar-refractivity contribution in [3.05, 3.63) is 0 Å². The lowest BCUT2D eigenvalue weighted by atomic mass is 10.2. The van der Waals surface area contributed by atoms with E-state index in [1.165, 1.54) is 0 Å². The van der Waals surface area contributed by atoms with Gasteiger partial charge in [0.15, 0.2) is 0 Å². The summed E-state index contributed by atoms with van der Waals surface area (Å²) in [5.41, 5.74) is -0.495. The Hall–Kier alpha value is -1.34. The molecule has 0 unspecified atom stereocenters. The second-order valence-electron chi connectivity index (χ2n) is 5.75. The molecule has 22 heavy (non-hydrogen) atoms. The standard InChI is InChI=1S/C15H30N2O5/c1-5-6-13(18)16-7-9-20-11-12-21-10-8-17-14(19)22-15(2,3)4/h5-12H2,1-4H3,(H,16,18)(H,17,19). The molecule has 0 aromatic carbocycles. The van der Waals surface area contributed by atoms with Crippen molar-refractivity contribution in [3.63, 3.8) is 0 Å². The molecule has 0 aliphatic heterocycles. The molecule has 0 atom stereocenters. The molecule has 0 saturated carbocycles. The van der Waals surface area contributed by atoms with Gasteiger partial charge in [0.2, 0.25) is 5.91 Å². The summed E-state index contributed by atoms with van der Waals surface area (Å²) >= 11 is 0. The van der Waals surface area contributed by atoms with Crippen molar-refractivity contribution in [3.8, 4) is 0 Å². The van der Waals surface area contributed by atoms with Crippen LogP contribution in [0, 0.1) is 0 Å². The van der Waals surface area contributed by atoms with Gasteiger partial charge in [-0.3, -0.25) is 4.79 Å². The van der Waals surface area contributed by atoms with Crippen LogP contribution in [0.2, 0.25) is 0 Å². The fourth-order valence-corrected chi connectivity index (χ4v) is 1.44. The molecule has 7 nitrogen and oxygen atoms in total. The van der Waals surface area contributed by atoms with Crippen molar-refractivity contribution in [2.24, 2.45) is 0 Å². The first-order chi connectivity index (χ1) is 10.3. The lowest BCUT2D eigenvalue weighted by molar-refractivity contribution is -0.121. The zero-order valence-electron chi connectivity index (χ0n) is 14.2. The molecule has 130 valence electrons. The summed E-state index contributed by atoms with van der Waals surface area (Å²) in [5, 5.41) is 5.36. The third kappa shape index (κ3) is 15.1. The van der Waals surface area contributed by atoms with Gasteiger partial charge < -0.3 is 24.8 Å². The zero-order chi connectivity index (χ0) is 16.8. The van der Waals surface area contributed by atoms with E-state index in [2.05, 4.69) is 10.6 Å². The van der Waals surface area contributed by atoms with Crippen LogP contribution in [-0.2, 0) is 19.0 Å². The first-order valence-corrected chi connectivity index (χ1v) is 7.74. The average molecular weight is 318 g/mol. The minimum atomic E-state index is -0.495. The number of rotatable bonds is 11. The van der Waals surface area contributed by atoms with Gasteiger partial charge in [-0.15, -0.1) is 0 Å². The van der Waals surface area contributed by atoms with Crippen LogP contribution in [0.3, 0.4) is 0 Å². The van der Waals surface area contributed by atoms with E-state index < -0.39 is 11.7 Å². The lowest BCUT2D eigenvalue weighted by Crippen LogP contribution is -2.34. The highest BCUT2D eigenvalue weighted by atomic mass is 16.6. The molecule has 0 rings (SSSR count). The van der Waals surface area contributed by atoms with E-state index in [1.807, 2.05) is 27.7 Å². The number of alkyl carbamates (subject to hydrolysis) is 1. The monoisotopic (exact) mass is 318 g/mol. The third-order valence-corrected chi connectivity index (χ3v) is 2.33. The summed E-state index contributed by atoms with van der Waals surface area (Å²) < 4.78 is 15.7. The van der Waals surface area contributed by atoms with E-state index in [0.717, 1.165) is 6.42 Å². The van der Waals surface area contributed by atoms with Crippen molar-refractivity contribution >= 4 is 12.0 Å². The van der Waals surface area contributed by atoms with Crippen LogP contribution < -0.4 is 10.6 Å². The normalized spacial score (nSPS) is 11.1. The van der Waals surface area contributed by atoms with E-state index in [-0.39, 0.29) is 5.91 Å². The van der Waals surface area contributed by atoms with Gasteiger partial charge in [0.1, 0.15) is 5.60 Å². The average Bonchev–Trinajstić information content (AvgIpc) is 2.39. The van der Waals surface area contributed by atoms with Crippen molar-refractivity contribution < 1.29 is 23.8 Å². The maximum Gasteiger partial charge on any atom is 0.407 e. The van der Waals surface area contributed by atoms with Crippen molar-refractivity contribution in [2.45, 2.75) is 46.1 Å². The Morgan fingerprint density at radius 2 is 1.45 bits per heavy atom. The van der Waals surface area contributed by atoms with Gasteiger partial charge >= 0.3 is 6.09 Å². The maximum absolute atomic E-state index is 11.3. The van der Waals surface area contributed by atoms with Gasteiger partial charge in [-0.1, -0.05) is 6.92 Å². The molecule has 7 heteroatoms. The molecule has 0 aromatic rings. The number of nitrogens with one attached hydrogen (secondary N) is 2. The Kier molecular flexibility index (Phi) is 11.5. The molecule has 0 heterocycles. The van der Waals surface area contributed by atoms with Crippen LogP contribution in [-0.4, -0.2) is 57.1 Å². The Bertz CT molecular complexity index is 316. The molecule has 2 N–H and O–H groups in total. The molecule has 0 aromatic heterocycles. The minimum Gasteiger partial charge on any atom is -0.444 e. The van der Waals surface area contributed by atoms with Crippen LogP contribution in [0.25, 0.3) is 0 Å². The van der Waals surface area contributed by atoms with Gasteiger partial charge in [-0.2, -0.15) is 0 Å². The fraction of sp³-hybridized carbons (Fsp3) is 0.867. The van der Waals surface area contributed by atoms with Crippen LogP contribution in [0.15, 0.2) is 0 Å². The van der Waals surface area contributed by atoms with Crippen molar-refractivity contribution in [2.75, 3.05) is 39.5 Å². The predicted octanol–water partition coefficient (Wildman–Crippen LogP) is 1.46. The summed E-state index contributed by atoms with van der Waals surface area (Å²) in [6.45, 7) is 10.1. The van der Waals surface area contributed by atoms with Crippen molar-refractivity contribution in [1.29, 1.82) is 0 Å². The molecule has 0 spiro atoms. The molecule has 0 bridgehead atoms. The lowest BCUT2D eigenvalue weighted by Gasteiger charge is -2.19. The zero-order valence-corrected chi connectivity index (χ0v) is 14.2.